The SMILES string of the molecule is CNc1ccc(Oc2ccnc(CO)c2)cc1N. The third-order valence-corrected chi connectivity index (χ3v) is 2.48. The van der Waals surface area contributed by atoms with Gasteiger partial charge in [0.05, 0.1) is 23.7 Å². The molecular weight excluding hydrogens is 230 g/mol. The molecule has 18 heavy (non-hydrogen) atoms. The van der Waals surface area contributed by atoms with Crippen molar-refractivity contribution in [3.05, 3.63) is 42.2 Å². The lowest BCUT2D eigenvalue weighted by atomic mass is 10.2. The molecule has 0 aliphatic heterocycles. The molecule has 0 bridgehead atoms. The van der Waals surface area contributed by atoms with Crippen LogP contribution in [0.4, 0.5) is 11.4 Å². The molecule has 0 spiro atoms. The molecule has 0 saturated heterocycles. The summed E-state index contributed by atoms with van der Waals surface area (Å²) in [5.74, 6) is 1.26. The number of hydrogen-bond acceptors (Lipinski definition) is 5. The number of nitrogens with one attached hydrogen (secondary N) is 1. The van der Waals surface area contributed by atoms with Crippen LogP contribution in [-0.4, -0.2) is 17.1 Å². The fraction of sp³-hybridized carbons (Fsp3) is 0.154. The molecule has 5 nitrogen and oxygen atoms in total. The maximum atomic E-state index is 8.99. The van der Waals surface area contributed by atoms with Gasteiger partial charge >= 0.3 is 0 Å². The van der Waals surface area contributed by atoms with Crippen LogP contribution in [0.1, 0.15) is 5.69 Å². The predicted octanol–water partition coefficient (Wildman–Crippen LogP) is 1.99. The molecule has 0 aliphatic rings. The number of hydrogen-bond donors (Lipinski definition) is 3. The number of pyridine rings is 1. The van der Waals surface area contributed by atoms with Crippen LogP contribution >= 0.6 is 0 Å². The van der Waals surface area contributed by atoms with Crippen molar-refractivity contribution in [2.24, 2.45) is 0 Å². The number of benzene rings is 1. The number of rotatable bonds is 4. The molecule has 2 rings (SSSR count). The maximum absolute atomic E-state index is 8.99. The van der Waals surface area contributed by atoms with Crippen LogP contribution in [0.5, 0.6) is 11.5 Å². The Morgan fingerprint density at radius 3 is 2.72 bits per heavy atom. The van der Waals surface area contributed by atoms with Crippen molar-refractivity contribution in [2.75, 3.05) is 18.1 Å². The van der Waals surface area contributed by atoms with E-state index < -0.39 is 0 Å². The third kappa shape index (κ3) is 2.70. The van der Waals surface area contributed by atoms with Crippen LogP contribution in [-0.2, 0) is 6.61 Å². The van der Waals surface area contributed by atoms with E-state index in [2.05, 4.69) is 10.3 Å². The fourth-order valence-electron chi connectivity index (χ4n) is 1.57. The van der Waals surface area contributed by atoms with Gasteiger partial charge in [-0.25, -0.2) is 0 Å². The second-order valence-electron chi connectivity index (χ2n) is 3.74. The fourth-order valence-corrected chi connectivity index (χ4v) is 1.57. The van der Waals surface area contributed by atoms with E-state index >= 15 is 0 Å². The quantitative estimate of drug-likeness (QED) is 0.718. The average molecular weight is 245 g/mol. The molecule has 0 atom stereocenters. The van der Waals surface area contributed by atoms with Crippen LogP contribution < -0.4 is 15.8 Å². The predicted molar refractivity (Wildman–Crippen MR) is 70.6 cm³/mol. The molecule has 0 radical (unpaired) electrons. The molecule has 0 aliphatic carbocycles. The first kappa shape index (κ1) is 12.2. The number of ether oxygens (including phenoxy) is 1. The lowest BCUT2D eigenvalue weighted by Gasteiger charge is -2.09. The van der Waals surface area contributed by atoms with E-state index in [0.29, 0.717) is 22.9 Å². The van der Waals surface area contributed by atoms with E-state index in [1.165, 1.54) is 0 Å². The molecule has 5 heteroatoms. The van der Waals surface area contributed by atoms with Gasteiger partial charge in [0.25, 0.3) is 0 Å². The van der Waals surface area contributed by atoms with Crippen molar-refractivity contribution in [1.29, 1.82) is 0 Å². The summed E-state index contributed by atoms with van der Waals surface area (Å²) in [7, 11) is 1.81. The summed E-state index contributed by atoms with van der Waals surface area (Å²) in [4.78, 5) is 3.98. The highest BCUT2D eigenvalue weighted by molar-refractivity contribution is 5.68. The largest absolute Gasteiger partial charge is 0.457 e. The minimum atomic E-state index is -0.113. The topological polar surface area (TPSA) is 80.4 Å². The Balaban J connectivity index is 2.20. The van der Waals surface area contributed by atoms with Gasteiger partial charge in [-0.2, -0.15) is 0 Å². The van der Waals surface area contributed by atoms with Crippen molar-refractivity contribution in [2.45, 2.75) is 6.61 Å². The van der Waals surface area contributed by atoms with Gasteiger partial charge in [-0.3, -0.25) is 4.98 Å². The first-order valence-corrected chi connectivity index (χ1v) is 5.54. The highest BCUT2D eigenvalue weighted by atomic mass is 16.5. The van der Waals surface area contributed by atoms with Gasteiger partial charge in [-0.1, -0.05) is 0 Å². The van der Waals surface area contributed by atoms with Crippen LogP contribution in [0.3, 0.4) is 0 Å². The Hall–Kier alpha value is -2.27. The molecule has 0 amide bonds. The lowest BCUT2D eigenvalue weighted by Crippen LogP contribution is -1.96. The summed E-state index contributed by atoms with van der Waals surface area (Å²) in [6.45, 7) is -0.113. The minimum Gasteiger partial charge on any atom is -0.457 e. The first-order valence-electron chi connectivity index (χ1n) is 5.54. The van der Waals surface area contributed by atoms with Gasteiger partial charge in [0.2, 0.25) is 0 Å². The van der Waals surface area contributed by atoms with Gasteiger partial charge in [-0.05, 0) is 18.2 Å². The number of nitrogens with zero attached hydrogens (tertiary/aromatic N) is 1. The van der Waals surface area contributed by atoms with Gasteiger partial charge in [0.1, 0.15) is 11.5 Å². The molecule has 1 aromatic carbocycles. The Kier molecular flexibility index (Phi) is 3.64. The molecule has 94 valence electrons. The van der Waals surface area contributed by atoms with E-state index in [1.54, 1.807) is 24.4 Å². The zero-order chi connectivity index (χ0) is 13.0. The van der Waals surface area contributed by atoms with Crippen LogP contribution in [0.25, 0.3) is 0 Å². The maximum Gasteiger partial charge on any atom is 0.130 e. The Bertz CT molecular complexity index is 544. The zero-order valence-corrected chi connectivity index (χ0v) is 10.1. The van der Waals surface area contributed by atoms with Crippen molar-refractivity contribution >= 4 is 11.4 Å². The van der Waals surface area contributed by atoms with Crippen molar-refractivity contribution in [3.63, 3.8) is 0 Å². The Labute approximate surface area is 105 Å². The van der Waals surface area contributed by atoms with Crippen molar-refractivity contribution in [3.8, 4) is 11.5 Å². The number of aromatic nitrogens is 1. The minimum absolute atomic E-state index is 0.113. The molecule has 0 saturated carbocycles. The summed E-state index contributed by atoms with van der Waals surface area (Å²) in [5, 5.41) is 12.0. The van der Waals surface area contributed by atoms with E-state index in [0.717, 1.165) is 5.69 Å². The normalized spacial score (nSPS) is 10.1. The summed E-state index contributed by atoms with van der Waals surface area (Å²) < 4.78 is 5.64. The summed E-state index contributed by atoms with van der Waals surface area (Å²) in [5.41, 5.74) is 7.88. The van der Waals surface area contributed by atoms with Crippen LogP contribution in [0.15, 0.2) is 36.5 Å². The monoisotopic (exact) mass is 245 g/mol. The highest BCUT2D eigenvalue weighted by Crippen LogP contribution is 2.27. The van der Waals surface area contributed by atoms with Crippen molar-refractivity contribution in [1.82, 2.24) is 4.98 Å². The summed E-state index contributed by atoms with van der Waals surface area (Å²) >= 11 is 0. The molecule has 1 heterocycles. The van der Waals surface area contributed by atoms with Gasteiger partial charge < -0.3 is 20.9 Å². The van der Waals surface area contributed by atoms with Crippen LogP contribution in [0, 0.1) is 0 Å². The average Bonchev–Trinajstić information content (AvgIpc) is 2.39. The van der Waals surface area contributed by atoms with Crippen LogP contribution in [0.2, 0.25) is 0 Å². The third-order valence-electron chi connectivity index (χ3n) is 2.48. The molecule has 0 fully saturated rings. The van der Waals surface area contributed by atoms with E-state index in [1.807, 2.05) is 19.2 Å². The zero-order valence-electron chi connectivity index (χ0n) is 10.1. The van der Waals surface area contributed by atoms with Gasteiger partial charge in [0.15, 0.2) is 0 Å². The second-order valence-corrected chi connectivity index (χ2v) is 3.74. The number of aliphatic hydroxyl groups is 1. The standard InChI is InChI=1S/C13H15N3O2/c1-15-13-3-2-10(7-12(13)14)18-11-4-5-16-9(6-11)8-17/h2-7,15,17H,8,14H2,1H3. The first-order chi connectivity index (χ1) is 8.72. The molecule has 1 aromatic heterocycles. The number of nitrogen functional groups attached to an aromatic ring is 1. The summed E-state index contributed by atoms with van der Waals surface area (Å²) in [6.07, 6.45) is 1.59. The van der Waals surface area contributed by atoms with Crippen molar-refractivity contribution < 1.29 is 9.84 Å². The summed E-state index contributed by atoms with van der Waals surface area (Å²) in [6, 6.07) is 8.81. The lowest BCUT2D eigenvalue weighted by molar-refractivity contribution is 0.276. The van der Waals surface area contributed by atoms with Gasteiger partial charge in [0, 0.05) is 25.4 Å². The van der Waals surface area contributed by atoms with E-state index in [4.69, 9.17) is 15.6 Å². The smallest absolute Gasteiger partial charge is 0.130 e. The number of aliphatic hydroxyl groups excluding tert-OH is 1. The van der Waals surface area contributed by atoms with E-state index in [9.17, 15) is 0 Å². The van der Waals surface area contributed by atoms with E-state index in [-0.39, 0.29) is 6.61 Å². The van der Waals surface area contributed by atoms with Gasteiger partial charge in [-0.15, -0.1) is 0 Å². The second kappa shape index (κ2) is 5.37. The molecule has 0 unspecified atom stereocenters. The highest BCUT2D eigenvalue weighted by Gasteiger charge is 2.02. The Morgan fingerprint density at radius 2 is 2.06 bits per heavy atom. The number of nitrogens with two attached hydrogens (primary N) is 1. The number of anilines is 2. The Morgan fingerprint density at radius 1 is 1.28 bits per heavy atom. The molecule has 2 aromatic rings. The molecular formula is C13H15N3O2. The molecule has 4 N–H and O–H groups in total.